The van der Waals surface area contributed by atoms with Crippen LogP contribution in [0.3, 0.4) is 0 Å². The van der Waals surface area contributed by atoms with Gasteiger partial charge in [0.1, 0.15) is 5.60 Å². The first-order chi connectivity index (χ1) is 12.7. The van der Waals surface area contributed by atoms with Gasteiger partial charge in [-0.25, -0.2) is 4.79 Å². The quantitative estimate of drug-likeness (QED) is 0.859. The second-order valence-corrected chi connectivity index (χ2v) is 8.48. The van der Waals surface area contributed by atoms with Gasteiger partial charge in [0.2, 0.25) is 5.91 Å². The molecule has 1 aliphatic heterocycles. The lowest BCUT2D eigenvalue weighted by atomic mass is 9.95. The highest BCUT2D eigenvalue weighted by atomic mass is 16.6. The van der Waals surface area contributed by atoms with Crippen molar-refractivity contribution in [3.63, 3.8) is 0 Å². The fourth-order valence-electron chi connectivity index (χ4n) is 3.23. The number of rotatable bonds is 5. The molecule has 1 N–H and O–H groups in total. The minimum Gasteiger partial charge on any atom is -0.444 e. The lowest BCUT2D eigenvalue weighted by Crippen LogP contribution is -2.46. The number of likely N-dealkylation sites (N-methyl/N-ethyl adjacent to an activating group) is 1. The zero-order valence-electron chi connectivity index (χ0n) is 17.2. The Hall–Kier alpha value is -2.08. The molecule has 1 saturated heterocycles. The lowest BCUT2D eigenvalue weighted by molar-refractivity contribution is -0.127. The Bertz CT molecular complexity index is 617. The lowest BCUT2D eigenvalue weighted by Gasteiger charge is -2.33. The maximum atomic E-state index is 12.8. The van der Waals surface area contributed by atoms with Gasteiger partial charge in [0.15, 0.2) is 0 Å². The van der Waals surface area contributed by atoms with Crippen molar-refractivity contribution >= 4 is 12.0 Å². The Balaban J connectivity index is 1.91. The van der Waals surface area contributed by atoms with Gasteiger partial charge in [-0.2, -0.15) is 0 Å². The fourth-order valence-corrected chi connectivity index (χ4v) is 3.23. The van der Waals surface area contributed by atoms with E-state index in [2.05, 4.69) is 10.2 Å². The Morgan fingerprint density at radius 1 is 1.19 bits per heavy atom. The SMILES string of the molecule is CN(C)C[C@H](NC(=O)C1CCN(C(=O)OC(C)(C)C)CC1)c1ccccc1. The minimum atomic E-state index is -0.500. The summed E-state index contributed by atoms with van der Waals surface area (Å²) >= 11 is 0. The van der Waals surface area contributed by atoms with E-state index in [1.54, 1.807) is 4.90 Å². The Morgan fingerprint density at radius 2 is 1.78 bits per heavy atom. The van der Waals surface area contributed by atoms with E-state index in [0.717, 1.165) is 12.1 Å². The zero-order chi connectivity index (χ0) is 20.0. The third kappa shape index (κ3) is 6.86. The van der Waals surface area contributed by atoms with Crippen molar-refractivity contribution in [2.75, 3.05) is 33.7 Å². The number of ether oxygens (including phenoxy) is 1. The molecule has 150 valence electrons. The van der Waals surface area contributed by atoms with Crippen molar-refractivity contribution < 1.29 is 14.3 Å². The molecule has 0 radical (unpaired) electrons. The molecule has 0 aliphatic carbocycles. The molecule has 1 fully saturated rings. The average Bonchev–Trinajstić information content (AvgIpc) is 2.60. The number of carbonyl (C=O) groups excluding carboxylic acids is 2. The van der Waals surface area contributed by atoms with Gasteiger partial charge in [0.05, 0.1) is 6.04 Å². The van der Waals surface area contributed by atoms with Crippen LogP contribution < -0.4 is 5.32 Å². The van der Waals surface area contributed by atoms with Gasteiger partial charge in [-0.05, 0) is 53.3 Å². The molecule has 27 heavy (non-hydrogen) atoms. The molecule has 6 nitrogen and oxygen atoms in total. The predicted molar refractivity (Wildman–Crippen MR) is 106 cm³/mol. The monoisotopic (exact) mass is 375 g/mol. The van der Waals surface area contributed by atoms with E-state index in [1.807, 2.05) is 65.2 Å². The summed E-state index contributed by atoms with van der Waals surface area (Å²) in [6, 6.07) is 9.99. The number of hydrogen-bond acceptors (Lipinski definition) is 4. The van der Waals surface area contributed by atoms with Crippen molar-refractivity contribution in [1.29, 1.82) is 0 Å². The third-order valence-corrected chi connectivity index (χ3v) is 4.58. The van der Waals surface area contributed by atoms with E-state index in [9.17, 15) is 9.59 Å². The third-order valence-electron chi connectivity index (χ3n) is 4.58. The molecule has 0 unspecified atom stereocenters. The molecule has 2 amide bonds. The molecule has 0 saturated carbocycles. The molecule has 0 bridgehead atoms. The Kier molecular flexibility index (Phi) is 7.25. The summed E-state index contributed by atoms with van der Waals surface area (Å²) < 4.78 is 5.42. The van der Waals surface area contributed by atoms with Gasteiger partial charge < -0.3 is 19.9 Å². The van der Waals surface area contributed by atoms with Crippen LogP contribution in [0, 0.1) is 5.92 Å². The van der Waals surface area contributed by atoms with Gasteiger partial charge >= 0.3 is 6.09 Å². The number of piperidine rings is 1. The van der Waals surface area contributed by atoms with Crippen molar-refractivity contribution in [2.45, 2.75) is 45.3 Å². The number of hydrogen-bond donors (Lipinski definition) is 1. The standard InChI is InChI=1S/C21H33N3O3/c1-21(2,3)27-20(26)24-13-11-17(12-14-24)19(25)22-18(15-23(4)5)16-9-7-6-8-10-16/h6-10,17-18H,11-15H2,1-5H3,(H,22,25)/t18-/m0/s1. The van der Waals surface area contributed by atoms with Crippen molar-refractivity contribution in [2.24, 2.45) is 5.92 Å². The summed E-state index contributed by atoms with van der Waals surface area (Å²) in [5.41, 5.74) is 0.603. The molecule has 0 aromatic heterocycles. The van der Waals surface area contributed by atoms with Crippen LogP contribution in [0.5, 0.6) is 0 Å². The van der Waals surface area contributed by atoms with Crippen LogP contribution >= 0.6 is 0 Å². The number of benzene rings is 1. The summed E-state index contributed by atoms with van der Waals surface area (Å²) in [4.78, 5) is 28.7. The van der Waals surface area contributed by atoms with Crippen LogP contribution in [0.2, 0.25) is 0 Å². The van der Waals surface area contributed by atoms with Crippen LogP contribution in [-0.4, -0.2) is 61.1 Å². The first-order valence-electron chi connectivity index (χ1n) is 9.63. The van der Waals surface area contributed by atoms with Gasteiger partial charge in [-0.15, -0.1) is 0 Å². The number of likely N-dealkylation sites (tertiary alicyclic amines) is 1. The van der Waals surface area contributed by atoms with E-state index >= 15 is 0 Å². The highest BCUT2D eigenvalue weighted by Gasteiger charge is 2.30. The minimum absolute atomic E-state index is 0.0439. The summed E-state index contributed by atoms with van der Waals surface area (Å²) in [5, 5.41) is 3.20. The molecular formula is C21H33N3O3. The first-order valence-corrected chi connectivity index (χ1v) is 9.63. The largest absolute Gasteiger partial charge is 0.444 e. The maximum Gasteiger partial charge on any atom is 0.410 e. The van der Waals surface area contributed by atoms with Crippen LogP contribution in [0.1, 0.15) is 45.2 Å². The fraction of sp³-hybridized carbons (Fsp3) is 0.619. The summed E-state index contributed by atoms with van der Waals surface area (Å²) in [6.07, 6.45) is 1.03. The summed E-state index contributed by atoms with van der Waals surface area (Å²) in [5.74, 6) is -0.00777. The Morgan fingerprint density at radius 3 is 2.30 bits per heavy atom. The molecule has 1 aromatic carbocycles. The van der Waals surface area contributed by atoms with Crippen molar-refractivity contribution in [3.05, 3.63) is 35.9 Å². The number of nitrogens with zero attached hydrogens (tertiary/aromatic N) is 2. The molecule has 0 spiro atoms. The molecule has 1 atom stereocenters. The normalized spacial score (nSPS) is 16.9. The molecule has 1 aliphatic rings. The van der Waals surface area contributed by atoms with Crippen molar-refractivity contribution in [1.82, 2.24) is 15.1 Å². The predicted octanol–water partition coefficient (Wildman–Crippen LogP) is 3.05. The van der Waals surface area contributed by atoms with Crippen LogP contribution in [0.4, 0.5) is 4.79 Å². The van der Waals surface area contributed by atoms with Crippen LogP contribution in [0.25, 0.3) is 0 Å². The highest BCUT2D eigenvalue weighted by molar-refractivity contribution is 5.79. The first kappa shape index (κ1) is 21.2. The smallest absolute Gasteiger partial charge is 0.410 e. The Labute approximate surface area is 162 Å². The highest BCUT2D eigenvalue weighted by Crippen LogP contribution is 2.22. The summed E-state index contributed by atoms with van der Waals surface area (Å²) in [6.45, 7) is 7.43. The molecule has 1 aromatic rings. The van der Waals surface area contributed by atoms with Crippen LogP contribution in [-0.2, 0) is 9.53 Å². The van der Waals surface area contributed by atoms with E-state index in [4.69, 9.17) is 4.74 Å². The van der Waals surface area contributed by atoms with Crippen molar-refractivity contribution in [3.8, 4) is 0 Å². The maximum absolute atomic E-state index is 12.8. The van der Waals surface area contributed by atoms with E-state index in [0.29, 0.717) is 25.9 Å². The number of carbonyl (C=O) groups is 2. The molecule has 2 rings (SSSR count). The topological polar surface area (TPSA) is 61.9 Å². The van der Waals surface area contributed by atoms with Gasteiger partial charge in [-0.1, -0.05) is 30.3 Å². The summed E-state index contributed by atoms with van der Waals surface area (Å²) in [7, 11) is 4.00. The van der Waals surface area contributed by atoms with Crippen LogP contribution in [0.15, 0.2) is 30.3 Å². The molecule has 6 heteroatoms. The van der Waals surface area contributed by atoms with Gasteiger partial charge in [0, 0.05) is 25.6 Å². The molecular weight excluding hydrogens is 342 g/mol. The second-order valence-electron chi connectivity index (χ2n) is 8.48. The average molecular weight is 376 g/mol. The molecule has 1 heterocycles. The number of amides is 2. The van der Waals surface area contributed by atoms with Gasteiger partial charge in [-0.3, -0.25) is 4.79 Å². The zero-order valence-corrected chi connectivity index (χ0v) is 17.2. The van der Waals surface area contributed by atoms with Gasteiger partial charge in [0.25, 0.3) is 0 Å². The number of nitrogens with one attached hydrogen (secondary N) is 1. The van der Waals surface area contributed by atoms with E-state index in [1.165, 1.54) is 0 Å². The van der Waals surface area contributed by atoms with E-state index < -0.39 is 5.60 Å². The van der Waals surface area contributed by atoms with E-state index in [-0.39, 0.29) is 24.0 Å². The second kappa shape index (κ2) is 9.22.